The number of nitrogens with zero attached hydrogens (tertiary/aromatic N) is 2. The van der Waals surface area contributed by atoms with Gasteiger partial charge in [-0.1, -0.05) is 26.8 Å². The summed E-state index contributed by atoms with van der Waals surface area (Å²) in [4.78, 5) is 17.7. The summed E-state index contributed by atoms with van der Waals surface area (Å²) in [6, 6.07) is 0. The fourth-order valence-electron chi connectivity index (χ4n) is 3.10. The third-order valence-corrected chi connectivity index (χ3v) is 5.38. The first-order chi connectivity index (χ1) is 10.9. The number of hydrogen-bond donors (Lipinski definition) is 2. The van der Waals surface area contributed by atoms with E-state index in [1.54, 1.807) is 0 Å². The summed E-state index contributed by atoms with van der Waals surface area (Å²) in [7, 11) is 0. The van der Waals surface area contributed by atoms with Crippen LogP contribution in [0, 0.1) is 18.3 Å². The molecular weight excluding hydrogens is 308 g/mol. The molecule has 2 aromatic rings. The van der Waals surface area contributed by atoms with Gasteiger partial charge in [0.05, 0.1) is 5.69 Å². The van der Waals surface area contributed by atoms with Crippen LogP contribution in [0.25, 0.3) is 4.96 Å². The fraction of sp³-hybridized carbons (Fsp3) is 0.529. The summed E-state index contributed by atoms with van der Waals surface area (Å²) < 4.78 is 1.84. The van der Waals surface area contributed by atoms with Gasteiger partial charge >= 0.3 is 0 Å². The number of amides is 1. The summed E-state index contributed by atoms with van der Waals surface area (Å²) in [5.74, 6) is 0.554. The van der Waals surface area contributed by atoms with Gasteiger partial charge in [-0.15, -0.1) is 11.3 Å². The lowest BCUT2D eigenvalue weighted by atomic mass is 9.74. The van der Waals surface area contributed by atoms with Crippen LogP contribution in [0.3, 0.4) is 0 Å². The Hall–Kier alpha value is -1.82. The second-order valence-corrected chi connectivity index (χ2v) is 8.12. The van der Waals surface area contributed by atoms with Crippen LogP contribution in [0.5, 0.6) is 0 Å². The second kappa shape index (κ2) is 6.00. The van der Waals surface area contributed by atoms with Gasteiger partial charge in [-0.3, -0.25) is 14.6 Å². The van der Waals surface area contributed by atoms with E-state index in [0.29, 0.717) is 17.0 Å². The minimum atomic E-state index is -0.146. The van der Waals surface area contributed by atoms with E-state index in [0.717, 1.165) is 35.6 Å². The van der Waals surface area contributed by atoms with Crippen LogP contribution in [-0.4, -0.2) is 15.3 Å². The Labute approximate surface area is 140 Å². The first kappa shape index (κ1) is 16.1. The molecule has 1 amide bonds. The highest BCUT2D eigenvalue weighted by Crippen LogP contribution is 2.36. The number of hydrazine groups is 1. The quantitative estimate of drug-likeness (QED) is 0.843. The molecule has 0 aliphatic heterocycles. The third kappa shape index (κ3) is 3.27. The summed E-state index contributed by atoms with van der Waals surface area (Å²) in [5, 5.41) is 1.93. The largest absolute Gasteiger partial charge is 0.303 e. The minimum absolute atomic E-state index is 0.146. The monoisotopic (exact) mass is 332 g/mol. The van der Waals surface area contributed by atoms with Crippen molar-refractivity contribution in [1.29, 1.82) is 0 Å². The molecule has 2 N–H and O–H groups in total. The molecule has 0 radical (unpaired) electrons. The van der Waals surface area contributed by atoms with E-state index in [1.807, 2.05) is 22.9 Å². The number of carbonyl (C=O) groups is 1. The summed E-state index contributed by atoms with van der Waals surface area (Å²) in [6.07, 6.45) is 7.27. The zero-order chi connectivity index (χ0) is 16.6. The van der Waals surface area contributed by atoms with Gasteiger partial charge in [0.2, 0.25) is 0 Å². The number of aromatic nitrogens is 2. The lowest BCUT2D eigenvalue weighted by Gasteiger charge is -2.33. The number of nitrogens with one attached hydrogen (secondary N) is 2. The molecule has 5 nitrogen and oxygen atoms in total. The summed E-state index contributed by atoms with van der Waals surface area (Å²) in [6.45, 7) is 8.74. The number of imidazole rings is 1. The van der Waals surface area contributed by atoms with E-state index in [4.69, 9.17) is 0 Å². The van der Waals surface area contributed by atoms with Crippen LogP contribution in [0.4, 0.5) is 0 Å². The van der Waals surface area contributed by atoms with Crippen LogP contribution in [0.1, 0.15) is 56.2 Å². The molecular formula is C17H24N4OS. The number of carbonyl (C=O) groups excluding carboxylic acids is 1. The molecule has 0 spiro atoms. The molecule has 0 saturated heterocycles. The van der Waals surface area contributed by atoms with Crippen molar-refractivity contribution < 1.29 is 4.79 Å². The minimum Gasteiger partial charge on any atom is -0.303 e. The molecule has 23 heavy (non-hydrogen) atoms. The lowest BCUT2D eigenvalue weighted by Crippen LogP contribution is -2.38. The van der Waals surface area contributed by atoms with Crippen molar-refractivity contribution in [2.45, 2.75) is 47.0 Å². The zero-order valence-corrected chi connectivity index (χ0v) is 15.0. The standard InChI is InChI=1S/C17H24N4OS/c1-11-14(21-9-10-23-16(21)18-11)15(22)20-19-13-7-5-12(6-8-13)17(2,3)4/h7,9-10,12,19H,5-6,8H2,1-4H3,(H,20,22). The van der Waals surface area contributed by atoms with Crippen molar-refractivity contribution in [2.24, 2.45) is 11.3 Å². The highest BCUT2D eigenvalue weighted by molar-refractivity contribution is 7.15. The molecule has 0 saturated carbocycles. The van der Waals surface area contributed by atoms with Gasteiger partial charge in [0.25, 0.3) is 5.91 Å². The van der Waals surface area contributed by atoms with E-state index >= 15 is 0 Å². The Bertz CT molecular complexity index is 750. The Morgan fingerprint density at radius 3 is 2.87 bits per heavy atom. The van der Waals surface area contributed by atoms with Crippen LogP contribution in [-0.2, 0) is 0 Å². The van der Waals surface area contributed by atoms with Gasteiger partial charge in [0.1, 0.15) is 5.69 Å². The number of fused-ring (bicyclic) bond motifs is 1. The van der Waals surface area contributed by atoms with E-state index in [1.165, 1.54) is 11.3 Å². The molecule has 124 valence electrons. The number of aryl methyl sites for hydroxylation is 1. The average molecular weight is 332 g/mol. The molecule has 0 bridgehead atoms. The summed E-state index contributed by atoms with van der Waals surface area (Å²) >= 11 is 1.53. The van der Waals surface area contributed by atoms with Crippen LogP contribution >= 0.6 is 11.3 Å². The number of thiazole rings is 1. The molecule has 1 aliphatic rings. The molecule has 0 aromatic carbocycles. The highest BCUT2D eigenvalue weighted by atomic mass is 32.1. The van der Waals surface area contributed by atoms with Gasteiger partial charge < -0.3 is 5.43 Å². The van der Waals surface area contributed by atoms with Crippen molar-refractivity contribution in [1.82, 2.24) is 20.2 Å². The smallest absolute Gasteiger partial charge is 0.288 e. The predicted octanol–water partition coefficient (Wildman–Crippen LogP) is 3.67. The molecule has 3 rings (SSSR count). The van der Waals surface area contributed by atoms with Crippen molar-refractivity contribution in [2.75, 3.05) is 0 Å². The van der Waals surface area contributed by atoms with Crippen molar-refractivity contribution in [3.05, 3.63) is 34.7 Å². The maximum Gasteiger partial charge on any atom is 0.288 e. The molecule has 1 aliphatic carbocycles. The van der Waals surface area contributed by atoms with Crippen molar-refractivity contribution in [3.8, 4) is 0 Å². The van der Waals surface area contributed by atoms with Gasteiger partial charge in [-0.25, -0.2) is 4.98 Å². The Morgan fingerprint density at radius 1 is 1.43 bits per heavy atom. The van der Waals surface area contributed by atoms with E-state index in [9.17, 15) is 4.79 Å². The Kier molecular flexibility index (Phi) is 4.19. The van der Waals surface area contributed by atoms with Crippen LogP contribution < -0.4 is 10.9 Å². The van der Waals surface area contributed by atoms with E-state index in [2.05, 4.69) is 42.7 Å². The van der Waals surface area contributed by atoms with Gasteiger partial charge in [-0.2, -0.15) is 0 Å². The van der Waals surface area contributed by atoms with Gasteiger partial charge in [0, 0.05) is 17.3 Å². The van der Waals surface area contributed by atoms with Crippen molar-refractivity contribution >= 4 is 22.2 Å². The molecule has 0 fully saturated rings. The van der Waals surface area contributed by atoms with Gasteiger partial charge in [0.15, 0.2) is 4.96 Å². The van der Waals surface area contributed by atoms with Gasteiger partial charge in [-0.05, 0) is 37.5 Å². The molecule has 2 heterocycles. The number of rotatable bonds is 3. The maximum atomic E-state index is 12.4. The summed E-state index contributed by atoms with van der Waals surface area (Å²) in [5.41, 5.74) is 8.69. The first-order valence-electron chi connectivity index (χ1n) is 8.04. The Balaban J connectivity index is 1.63. The predicted molar refractivity (Wildman–Crippen MR) is 93.3 cm³/mol. The highest BCUT2D eigenvalue weighted by Gasteiger charge is 2.26. The molecule has 6 heteroatoms. The zero-order valence-electron chi connectivity index (χ0n) is 14.1. The Morgan fingerprint density at radius 2 is 2.22 bits per heavy atom. The van der Waals surface area contributed by atoms with Crippen LogP contribution in [0.15, 0.2) is 23.3 Å². The van der Waals surface area contributed by atoms with Crippen molar-refractivity contribution in [3.63, 3.8) is 0 Å². The number of allylic oxidation sites excluding steroid dienone is 2. The topological polar surface area (TPSA) is 58.4 Å². The first-order valence-corrected chi connectivity index (χ1v) is 8.92. The third-order valence-electron chi connectivity index (χ3n) is 4.62. The van der Waals surface area contributed by atoms with E-state index in [-0.39, 0.29) is 5.91 Å². The fourth-order valence-corrected chi connectivity index (χ4v) is 3.86. The number of hydrogen-bond acceptors (Lipinski definition) is 4. The van der Waals surface area contributed by atoms with E-state index < -0.39 is 0 Å². The average Bonchev–Trinajstić information content (AvgIpc) is 3.04. The molecule has 1 unspecified atom stereocenters. The normalized spacial score (nSPS) is 18.8. The SMILES string of the molecule is Cc1nc2sccn2c1C(=O)NNC1=CCC(C(C)(C)C)CC1. The molecule has 1 atom stereocenters. The second-order valence-electron chi connectivity index (χ2n) is 7.25. The lowest BCUT2D eigenvalue weighted by molar-refractivity contribution is 0.0930. The van der Waals surface area contributed by atoms with Crippen LogP contribution in [0.2, 0.25) is 0 Å². The molecule has 2 aromatic heterocycles. The maximum absolute atomic E-state index is 12.4.